The molecule has 4 rings (SSSR count). The van der Waals surface area contributed by atoms with Gasteiger partial charge in [0.15, 0.2) is 17.5 Å². The van der Waals surface area contributed by atoms with Gasteiger partial charge in [-0.1, -0.05) is 24.0 Å². The van der Waals surface area contributed by atoms with Crippen molar-refractivity contribution in [1.82, 2.24) is 0 Å². The third-order valence-electron chi connectivity index (χ3n) is 4.90. The molecular weight excluding hydrogens is 442 g/mol. The van der Waals surface area contributed by atoms with Crippen molar-refractivity contribution in [3.63, 3.8) is 0 Å². The molecule has 0 spiro atoms. The van der Waals surface area contributed by atoms with Crippen molar-refractivity contribution in [2.75, 3.05) is 6.61 Å². The Kier molecular flexibility index (Phi) is 6.01. The molecule has 4 aromatic rings. The maximum absolute atomic E-state index is 14.6. The minimum Gasteiger partial charge on any atom is -0.494 e. The number of hydrogen-bond donors (Lipinski definition) is 0. The molecule has 0 heterocycles. The SMILES string of the molecule is CCOc1cc(F)c(-c2ccc(C#Cc3ccc4c(F)c(F)c(F)cc4c3)c(F)c2)c(F)c1. The van der Waals surface area contributed by atoms with Crippen LogP contribution in [-0.2, 0) is 0 Å². The lowest BCUT2D eigenvalue weighted by Crippen LogP contribution is -1.97. The minimum atomic E-state index is -1.57. The standard InChI is InChI=1S/C26H14F6O/c1-2-33-18-12-21(28)24(22(29)13-18)16-7-6-15(20(27)10-16)5-3-14-4-8-19-17(9-14)11-23(30)26(32)25(19)31/h4,6-13H,2H2,1H3. The number of halogens is 6. The molecule has 0 radical (unpaired) electrons. The molecule has 0 bridgehead atoms. The van der Waals surface area contributed by atoms with Crippen molar-refractivity contribution >= 4 is 10.8 Å². The Hall–Kier alpha value is -3.92. The molecule has 33 heavy (non-hydrogen) atoms. The van der Waals surface area contributed by atoms with Gasteiger partial charge in [0.25, 0.3) is 0 Å². The van der Waals surface area contributed by atoms with Gasteiger partial charge in [0.05, 0.1) is 17.7 Å². The zero-order chi connectivity index (χ0) is 23.7. The summed E-state index contributed by atoms with van der Waals surface area (Å²) < 4.78 is 89.1. The largest absolute Gasteiger partial charge is 0.494 e. The van der Waals surface area contributed by atoms with E-state index in [2.05, 4.69) is 11.8 Å². The Labute approximate surface area is 185 Å². The number of rotatable bonds is 3. The highest BCUT2D eigenvalue weighted by Crippen LogP contribution is 2.31. The molecule has 0 aliphatic rings. The number of hydrogen-bond acceptors (Lipinski definition) is 1. The van der Waals surface area contributed by atoms with E-state index in [1.165, 1.54) is 30.3 Å². The molecule has 0 aliphatic heterocycles. The highest BCUT2D eigenvalue weighted by atomic mass is 19.2. The van der Waals surface area contributed by atoms with Gasteiger partial charge in [-0.15, -0.1) is 0 Å². The second-order valence-corrected chi connectivity index (χ2v) is 7.06. The van der Waals surface area contributed by atoms with E-state index >= 15 is 0 Å². The first kappa shape index (κ1) is 22.3. The smallest absolute Gasteiger partial charge is 0.195 e. The van der Waals surface area contributed by atoms with Crippen LogP contribution in [-0.4, -0.2) is 6.61 Å². The van der Waals surface area contributed by atoms with Gasteiger partial charge in [0.1, 0.15) is 23.2 Å². The van der Waals surface area contributed by atoms with Crippen LogP contribution < -0.4 is 4.74 Å². The average molecular weight is 456 g/mol. The Morgan fingerprint density at radius 2 is 1.42 bits per heavy atom. The van der Waals surface area contributed by atoms with Gasteiger partial charge in [-0.2, -0.15) is 0 Å². The molecule has 166 valence electrons. The van der Waals surface area contributed by atoms with Gasteiger partial charge in [0.2, 0.25) is 0 Å². The fraction of sp³-hybridized carbons (Fsp3) is 0.0769. The molecule has 0 amide bonds. The van der Waals surface area contributed by atoms with Crippen LogP contribution in [0.25, 0.3) is 21.9 Å². The first-order chi connectivity index (χ1) is 15.8. The summed E-state index contributed by atoms with van der Waals surface area (Å²) in [6, 6.07) is 10.4. The van der Waals surface area contributed by atoms with Crippen molar-refractivity contribution < 1.29 is 31.1 Å². The molecule has 0 N–H and O–H groups in total. The molecule has 0 saturated heterocycles. The van der Waals surface area contributed by atoms with E-state index in [4.69, 9.17) is 4.74 Å². The van der Waals surface area contributed by atoms with Crippen LogP contribution in [0.4, 0.5) is 26.3 Å². The lowest BCUT2D eigenvalue weighted by atomic mass is 10.0. The van der Waals surface area contributed by atoms with Crippen LogP contribution in [0, 0.1) is 46.7 Å². The van der Waals surface area contributed by atoms with Crippen molar-refractivity contribution in [3.8, 4) is 28.7 Å². The van der Waals surface area contributed by atoms with Gasteiger partial charge in [-0.3, -0.25) is 0 Å². The van der Waals surface area contributed by atoms with Crippen molar-refractivity contribution in [3.05, 3.63) is 101 Å². The van der Waals surface area contributed by atoms with E-state index in [1.807, 2.05) is 0 Å². The van der Waals surface area contributed by atoms with E-state index in [9.17, 15) is 26.3 Å². The zero-order valence-electron chi connectivity index (χ0n) is 17.1. The zero-order valence-corrected chi connectivity index (χ0v) is 17.1. The van der Waals surface area contributed by atoms with E-state index in [-0.39, 0.29) is 34.3 Å². The molecular formula is C26H14F6O. The lowest BCUT2D eigenvalue weighted by Gasteiger charge is -2.09. The van der Waals surface area contributed by atoms with Gasteiger partial charge in [-0.25, -0.2) is 26.3 Å². The molecule has 0 unspecified atom stereocenters. The van der Waals surface area contributed by atoms with E-state index in [0.29, 0.717) is 5.56 Å². The van der Waals surface area contributed by atoms with Gasteiger partial charge < -0.3 is 4.74 Å². The Bertz CT molecular complexity index is 1430. The summed E-state index contributed by atoms with van der Waals surface area (Å²) in [6.45, 7) is 1.91. The van der Waals surface area contributed by atoms with Crippen LogP contribution in [0.15, 0.2) is 54.6 Å². The summed E-state index contributed by atoms with van der Waals surface area (Å²) in [4.78, 5) is 0. The topological polar surface area (TPSA) is 9.23 Å². The molecule has 0 saturated carbocycles. The normalized spacial score (nSPS) is 10.8. The summed E-state index contributed by atoms with van der Waals surface area (Å²) in [7, 11) is 0. The van der Waals surface area contributed by atoms with Gasteiger partial charge in [-0.05, 0) is 48.2 Å². The number of benzene rings is 4. The van der Waals surface area contributed by atoms with Crippen LogP contribution in [0.5, 0.6) is 5.75 Å². The summed E-state index contributed by atoms with van der Waals surface area (Å²) in [5, 5.41) is -0.0233. The first-order valence-corrected chi connectivity index (χ1v) is 9.79. The third-order valence-corrected chi connectivity index (χ3v) is 4.90. The summed E-state index contributed by atoms with van der Waals surface area (Å²) in [5.74, 6) is -1.56. The predicted molar refractivity (Wildman–Crippen MR) is 113 cm³/mol. The Morgan fingerprint density at radius 1 is 0.697 bits per heavy atom. The maximum Gasteiger partial charge on any atom is 0.195 e. The minimum absolute atomic E-state index is 0.0187. The molecule has 4 aromatic carbocycles. The fourth-order valence-corrected chi connectivity index (χ4v) is 3.37. The third kappa shape index (κ3) is 4.37. The maximum atomic E-state index is 14.6. The Balaban J connectivity index is 1.67. The lowest BCUT2D eigenvalue weighted by molar-refractivity contribution is 0.336. The number of fused-ring (bicyclic) bond motifs is 1. The van der Waals surface area contributed by atoms with Crippen LogP contribution in [0.3, 0.4) is 0 Å². The molecule has 0 aromatic heterocycles. The fourth-order valence-electron chi connectivity index (χ4n) is 3.37. The van der Waals surface area contributed by atoms with E-state index in [1.54, 1.807) is 6.92 Å². The summed E-state index contributed by atoms with van der Waals surface area (Å²) >= 11 is 0. The summed E-state index contributed by atoms with van der Waals surface area (Å²) in [6.07, 6.45) is 0. The van der Waals surface area contributed by atoms with Gasteiger partial charge in [0, 0.05) is 23.1 Å². The first-order valence-electron chi connectivity index (χ1n) is 9.79. The van der Waals surface area contributed by atoms with Crippen LogP contribution >= 0.6 is 0 Å². The van der Waals surface area contributed by atoms with Crippen molar-refractivity contribution in [2.45, 2.75) is 6.92 Å². The average Bonchev–Trinajstić information content (AvgIpc) is 2.76. The molecule has 1 nitrogen and oxygen atoms in total. The monoisotopic (exact) mass is 456 g/mol. The Morgan fingerprint density at radius 3 is 2.09 bits per heavy atom. The second-order valence-electron chi connectivity index (χ2n) is 7.06. The van der Waals surface area contributed by atoms with Crippen LogP contribution in [0.1, 0.15) is 18.1 Å². The summed E-state index contributed by atoms with van der Waals surface area (Å²) in [5.41, 5.74) is -0.167. The molecule has 0 atom stereocenters. The second kappa shape index (κ2) is 8.91. The molecule has 0 fully saturated rings. The van der Waals surface area contributed by atoms with Gasteiger partial charge >= 0.3 is 0 Å². The van der Waals surface area contributed by atoms with Crippen molar-refractivity contribution in [2.24, 2.45) is 0 Å². The molecule has 7 heteroatoms. The number of ether oxygens (including phenoxy) is 1. The predicted octanol–water partition coefficient (Wildman–Crippen LogP) is 7.14. The quantitative estimate of drug-likeness (QED) is 0.181. The highest BCUT2D eigenvalue weighted by Gasteiger charge is 2.16. The van der Waals surface area contributed by atoms with E-state index < -0.39 is 40.5 Å². The van der Waals surface area contributed by atoms with E-state index in [0.717, 1.165) is 24.3 Å². The molecule has 0 aliphatic carbocycles. The van der Waals surface area contributed by atoms with Crippen molar-refractivity contribution in [1.29, 1.82) is 0 Å². The van der Waals surface area contributed by atoms with Crippen LogP contribution in [0.2, 0.25) is 0 Å². The highest BCUT2D eigenvalue weighted by molar-refractivity contribution is 5.84.